The van der Waals surface area contributed by atoms with Crippen molar-refractivity contribution in [2.24, 2.45) is 17.8 Å². The summed E-state index contributed by atoms with van der Waals surface area (Å²) in [7, 11) is 1.33. The smallest absolute Gasteiger partial charge is 0.320 e. The van der Waals surface area contributed by atoms with Crippen LogP contribution < -0.4 is 26.6 Å². The van der Waals surface area contributed by atoms with E-state index in [0.29, 0.717) is 16.1 Å². The molecule has 1 saturated heterocycles. The zero-order valence-electron chi connectivity index (χ0n) is 24.3. The lowest BCUT2D eigenvalue weighted by atomic mass is 9.81. The molecule has 1 aliphatic carbocycles. The van der Waals surface area contributed by atoms with E-state index in [-0.39, 0.29) is 23.7 Å². The van der Waals surface area contributed by atoms with Crippen LogP contribution in [0.5, 0.6) is 0 Å². The van der Waals surface area contributed by atoms with Gasteiger partial charge in [-0.05, 0) is 67.2 Å². The van der Waals surface area contributed by atoms with E-state index in [1.807, 2.05) is 32.1 Å². The third-order valence-corrected chi connectivity index (χ3v) is 9.47. The number of aromatic nitrogens is 3. The van der Waals surface area contributed by atoms with E-state index in [1.54, 1.807) is 0 Å². The van der Waals surface area contributed by atoms with Gasteiger partial charge in [0, 0.05) is 50.4 Å². The Hall–Kier alpha value is -4.46. The molecule has 8 bridgehead atoms. The number of fused-ring (bicyclic) bond motifs is 8. The second-order valence-corrected chi connectivity index (χ2v) is 11.4. The first-order valence-corrected chi connectivity index (χ1v) is 14.1. The molecule has 0 saturated carbocycles. The SMILES string of the molecule is C=Cc1c2[nH]c(c1C)/C=C1\NC(C3=c4[nH]/c(c(C)c4C(=O)[C@@H]3C(=O)OC)=C\c3[nH]c(/c(=C\O)c3C)=C\2)[C@@H](CC)[C@@H]1C. The lowest BCUT2D eigenvalue weighted by molar-refractivity contribution is -0.141. The van der Waals surface area contributed by atoms with E-state index in [9.17, 15) is 14.7 Å². The number of methoxy groups -OCH3 is 1. The summed E-state index contributed by atoms with van der Waals surface area (Å²) in [5.74, 6) is -1.47. The first-order valence-electron chi connectivity index (χ1n) is 14.1. The maximum atomic E-state index is 13.9. The molecule has 5 N–H and O–H groups in total. The molecule has 8 nitrogen and oxygen atoms in total. The number of ether oxygens (including phenoxy) is 1. The van der Waals surface area contributed by atoms with E-state index >= 15 is 0 Å². The number of allylic oxidation sites excluding steroid dienone is 1. The highest BCUT2D eigenvalue weighted by Gasteiger charge is 2.48. The van der Waals surface area contributed by atoms with Crippen LogP contribution in [-0.2, 0) is 9.53 Å². The molecule has 41 heavy (non-hydrogen) atoms. The second kappa shape index (κ2) is 9.58. The number of aliphatic hydroxyl groups is 1. The van der Waals surface area contributed by atoms with Gasteiger partial charge >= 0.3 is 5.97 Å². The second-order valence-electron chi connectivity index (χ2n) is 11.4. The average molecular weight is 553 g/mol. The Bertz CT molecular complexity index is 1930. The summed E-state index contributed by atoms with van der Waals surface area (Å²) in [5, 5.41) is 16.8. The lowest BCUT2D eigenvalue weighted by Gasteiger charge is -2.24. The van der Waals surface area contributed by atoms with Gasteiger partial charge < -0.3 is 30.1 Å². The molecular weight excluding hydrogens is 516 g/mol. The van der Waals surface area contributed by atoms with E-state index in [4.69, 9.17) is 4.74 Å². The predicted molar refractivity (Wildman–Crippen MR) is 160 cm³/mol. The van der Waals surface area contributed by atoms with Gasteiger partial charge in [-0.25, -0.2) is 0 Å². The summed E-state index contributed by atoms with van der Waals surface area (Å²) < 4.78 is 5.17. The van der Waals surface area contributed by atoms with Gasteiger partial charge in [0.05, 0.1) is 30.1 Å². The van der Waals surface area contributed by atoms with Gasteiger partial charge in [-0.3, -0.25) is 9.59 Å². The van der Waals surface area contributed by atoms with Crippen LogP contribution >= 0.6 is 0 Å². The Morgan fingerprint density at radius 3 is 2.39 bits per heavy atom. The topological polar surface area (TPSA) is 123 Å². The van der Waals surface area contributed by atoms with Crippen molar-refractivity contribution in [1.82, 2.24) is 20.3 Å². The summed E-state index contributed by atoms with van der Waals surface area (Å²) in [6.07, 6.45) is 9.90. The minimum atomic E-state index is -0.999. The number of aliphatic hydroxyl groups excluding tert-OH is 1. The zero-order valence-corrected chi connectivity index (χ0v) is 24.3. The average Bonchev–Trinajstić information content (AvgIpc) is 3.69. The molecule has 1 unspecified atom stereocenters. The first kappa shape index (κ1) is 26.7. The number of rotatable bonds is 3. The largest absolute Gasteiger partial charge is 0.515 e. The van der Waals surface area contributed by atoms with Gasteiger partial charge in [0.2, 0.25) is 0 Å². The van der Waals surface area contributed by atoms with Crippen molar-refractivity contribution in [3.05, 3.63) is 78.4 Å². The van der Waals surface area contributed by atoms with Gasteiger partial charge in [0.25, 0.3) is 0 Å². The van der Waals surface area contributed by atoms with Gasteiger partial charge in [-0.15, -0.1) is 0 Å². The number of carbonyl (C=O) groups excluding carboxylic acids is 2. The fourth-order valence-corrected chi connectivity index (χ4v) is 7.10. The van der Waals surface area contributed by atoms with E-state index in [2.05, 4.69) is 53.7 Å². The van der Waals surface area contributed by atoms with Crippen LogP contribution in [0.25, 0.3) is 36.1 Å². The van der Waals surface area contributed by atoms with Crippen molar-refractivity contribution in [1.29, 1.82) is 0 Å². The zero-order chi connectivity index (χ0) is 29.3. The van der Waals surface area contributed by atoms with E-state index in [1.165, 1.54) is 7.11 Å². The Kier molecular flexibility index (Phi) is 6.25. The van der Waals surface area contributed by atoms with Crippen LogP contribution in [0.15, 0.2) is 12.3 Å². The van der Waals surface area contributed by atoms with E-state index < -0.39 is 11.9 Å². The van der Waals surface area contributed by atoms with Crippen LogP contribution in [0.2, 0.25) is 0 Å². The fourth-order valence-electron chi connectivity index (χ4n) is 7.10. The van der Waals surface area contributed by atoms with E-state index in [0.717, 1.165) is 74.0 Å². The van der Waals surface area contributed by atoms with Crippen molar-refractivity contribution in [3.8, 4) is 0 Å². The number of hydrogen-bond donors (Lipinski definition) is 5. The van der Waals surface area contributed by atoms with Crippen molar-refractivity contribution in [2.75, 3.05) is 7.11 Å². The van der Waals surface area contributed by atoms with Gasteiger partial charge in [-0.1, -0.05) is 32.9 Å². The molecule has 3 aliphatic rings. The maximum absolute atomic E-state index is 13.9. The third kappa shape index (κ3) is 3.73. The molecule has 0 spiro atoms. The highest BCUT2D eigenvalue weighted by Crippen LogP contribution is 2.41. The molecule has 212 valence electrons. The Balaban J connectivity index is 1.76. The lowest BCUT2D eigenvalue weighted by Crippen LogP contribution is -2.37. The van der Waals surface area contributed by atoms with Crippen molar-refractivity contribution in [2.45, 2.75) is 47.1 Å². The standard InChI is InChI=1S/C33H36N4O4/c1-8-18-14(3)21-10-23-15(4)19(9-2)30(36-23)28-29(33(40)41-7)32(39)27-17(6)24(37-31(27)28)11-22-16(5)20(13-38)26(35-22)12-25(18)34-21/h8,10-13,15,19,29-30,34-38H,1,9H2,2-7H3/b20-13-,23-10-,24-11-,26-12-/t15-,19-,29+,30?/m0/s1. The molecule has 8 heteroatoms. The fraction of sp³-hybridized carbons (Fsp3) is 0.333. The normalized spacial score (nSPS) is 26.1. The molecule has 3 aromatic rings. The number of nitrogens with one attached hydrogen (secondary N) is 4. The van der Waals surface area contributed by atoms with Crippen LogP contribution in [0, 0.1) is 38.5 Å². The summed E-state index contributed by atoms with van der Waals surface area (Å²) >= 11 is 0. The van der Waals surface area contributed by atoms with Crippen molar-refractivity contribution >= 4 is 47.9 Å². The minimum Gasteiger partial charge on any atom is -0.515 e. The number of hydrogen-bond acceptors (Lipinski definition) is 5. The Labute approximate surface area is 237 Å². The molecule has 1 fully saturated rings. The van der Waals surface area contributed by atoms with Crippen LogP contribution in [-0.4, -0.2) is 45.0 Å². The van der Waals surface area contributed by atoms with Crippen LogP contribution in [0.4, 0.5) is 0 Å². The third-order valence-electron chi connectivity index (χ3n) is 9.47. The van der Waals surface area contributed by atoms with Crippen molar-refractivity contribution < 1.29 is 19.4 Å². The molecular formula is C33H36N4O4. The van der Waals surface area contributed by atoms with Crippen LogP contribution in [0.3, 0.4) is 0 Å². The quantitative estimate of drug-likeness (QED) is 0.252. The number of H-pyrrole nitrogens is 3. The monoisotopic (exact) mass is 552 g/mol. The Morgan fingerprint density at radius 1 is 1.02 bits per heavy atom. The number of ketones is 1. The number of Topliss-reactive ketones (excluding diaryl/α,β-unsaturated/α-hetero) is 1. The van der Waals surface area contributed by atoms with Gasteiger partial charge in [0.1, 0.15) is 5.92 Å². The number of esters is 1. The van der Waals surface area contributed by atoms with Gasteiger partial charge in [0.15, 0.2) is 5.78 Å². The summed E-state index contributed by atoms with van der Waals surface area (Å²) in [5.41, 5.74) is 8.63. The van der Waals surface area contributed by atoms with Gasteiger partial charge in [-0.2, -0.15) is 0 Å². The molecule has 0 radical (unpaired) electrons. The number of carbonyl (C=O) groups is 2. The summed E-state index contributed by atoms with van der Waals surface area (Å²) in [6, 6.07) is -0.232. The molecule has 6 rings (SSSR count). The number of aromatic amines is 3. The molecule has 4 atom stereocenters. The molecule has 3 aromatic heterocycles. The molecule has 0 aromatic carbocycles. The van der Waals surface area contributed by atoms with Crippen molar-refractivity contribution in [3.63, 3.8) is 0 Å². The Morgan fingerprint density at radius 2 is 1.73 bits per heavy atom. The first-order chi connectivity index (χ1) is 19.6. The molecule has 0 amide bonds. The molecule has 5 heterocycles. The van der Waals surface area contributed by atoms with Crippen LogP contribution in [0.1, 0.15) is 70.0 Å². The maximum Gasteiger partial charge on any atom is 0.320 e. The minimum absolute atomic E-state index is 0.152. The highest BCUT2D eigenvalue weighted by molar-refractivity contribution is 6.19. The highest BCUT2D eigenvalue weighted by atomic mass is 16.5. The summed E-state index contributed by atoms with van der Waals surface area (Å²) in [6.45, 7) is 14.3. The predicted octanol–water partition coefficient (Wildman–Crippen LogP) is 2.32. The summed E-state index contributed by atoms with van der Waals surface area (Å²) in [4.78, 5) is 37.6. The molecule has 2 aliphatic heterocycles.